The number of rotatable bonds is 10. The first-order chi connectivity index (χ1) is 16.3. The zero-order valence-corrected chi connectivity index (χ0v) is 21.0. The topological polar surface area (TPSA) is 82.1 Å². The Hall–Kier alpha value is -2.39. The monoisotopic (exact) mass is 485 g/mol. The number of likely N-dealkylation sites (N-methyl/N-ethyl adjacent to an activating group) is 1. The molecule has 1 atom stereocenters. The number of hydrogen-bond donors (Lipinski definition) is 2. The van der Waals surface area contributed by atoms with Gasteiger partial charge in [0.2, 0.25) is 0 Å². The van der Waals surface area contributed by atoms with E-state index >= 15 is 0 Å². The molecule has 3 rings (SSSR count). The molecule has 1 heterocycles. The number of piperazine rings is 1. The summed E-state index contributed by atoms with van der Waals surface area (Å²) in [5.41, 5.74) is 2.36. The number of carbonyl (C=O) groups is 2. The highest BCUT2D eigenvalue weighted by atomic mass is 32.2. The van der Waals surface area contributed by atoms with E-state index in [-0.39, 0.29) is 25.0 Å². The maximum absolute atomic E-state index is 12.8. The van der Waals surface area contributed by atoms with Crippen molar-refractivity contribution in [2.75, 3.05) is 52.3 Å². The number of nitrogens with one attached hydrogen (secondary N) is 1. The summed E-state index contributed by atoms with van der Waals surface area (Å²) < 4.78 is 5.58. The minimum Gasteiger partial charge on any atom is -0.389 e. The van der Waals surface area contributed by atoms with Crippen molar-refractivity contribution in [3.8, 4) is 0 Å². The molecule has 0 aromatic heterocycles. The van der Waals surface area contributed by atoms with Crippen molar-refractivity contribution in [2.45, 2.75) is 30.8 Å². The third-order valence-electron chi connectivity index (χ3n) is 5.80. The highest BCUT2D eigenvalue weighted by Gasteiger charge is 2.20. The van der Waals surface area contributed by atoms with E-state index in [4.69, 9.17) is 4.74 Å². The van der Waals surface area contributed by atoms with E-state index in [2.05, 4.69) is 31.1 Å². The highest BCUT2D eigenvalue weighted by Crippen LogP contribution is 2.21. The summed E-state index contributed by atoms with van der Waals surface area (Å²) in [7, 11) is 2.07. The van der Waals surface area contributed by atoms with Crippen LogP contribution in [0.4, 0.5) is 0 Å². The van der Waals surface area contributed by atoms with Gasteiger partial charge in [-0.05, 0) is 48.9 Å². The van der Waals surface area contributed by atoms with Crippen LogP contribution in [0.25, 0.3) is 0 Å². The van der Waals surface area contributed by atoms with Gasteiger partial charge in [-0.3, -0.25) is 9.59 Å². The van der Waals surface area contributed by atoms with E-state index in [0.717, 1.165) is 36.6 Å². The average Bonchev–Trinajstić information content (AvgIpc) is 2.85. The molecule has 0 unspecified atom stereocenters. The van der Waals surface area contributed by atoms with E-state index in [9.17, 15) is 14.7 Å². The Balaban J connectivity index is 1.38. The van der Waals surface area contributed by atoms with Gasteiger partial charge >= 0.3 is 0 Å². The Kier molecular flexibility index (Phi) is 9.95. The molecule has 7 nitrogen and oxygen atoms in total. The van der Waals surface area contributed by atoms with Crippen LogP contribution in [0.3, 0.4) is 0 Å². The molecule has 0 saturated carbocycles. The van der Waals surface area contributed by atoms with Crippen LogP contribution < -0.4 is 5.32 Å². The molecule has 2 amide bonds. The van der Waals surface area contributed by atoms with Gasteiger partial charge in [0.15, 0.2) is 0 Å². The Morgan fingerprint density at radius 3 is 2.50 bits per heavy atom. The number of nitrogens with zero attached hydrogens (tertiary/aromatic N) is 2. The Bertz CT molecular complexity index is 961. The van der Waals surface area contributed by atoms with Gasteiger partial charge in [-0.15, -0.1) is 0 Å². The van der Waals surface area contributed by atoms with Crippen molar-refractivity contribution in [1.29, 1.82) is 0 Å². The molecule has 0 aliphatic carbocycles. The van der Waals surface area contributed by atoms with E-state index in [1.807, 2.05) is 47.4 Å². The summed E-state index contributed by atoms with van der Waals surface area (Å²) in [4.78, 5) is 30.2. The van der Waals surface area contributed by atoms with Crippen molar-refractivity contribution < 1.29 is 19.4 Å². The summed E-state index contributed by atoms with van der Waals surface area (Å²) in [6, 6.07) is 15.1. The van der Waals surface area contributed by atoms with Gasteiger partial charge in [-0.2, -0.15) is 0 Å². The van der Waals surface area contributed by atoms with Crippen LogP contribution in [0, 0.1) is 0 Å². The lowest BCUT2D eigenvalue weighted by Gasteiger charge is -2.32. The minimum absolute atomic E-state index is 0.0570. The lowest BCUT2D eigenvalue weighted by atomic mass is 10.0. The fraction of sp³-hybridized carbons (Fsp3) is 0.462. The predicted octanol–water partition coefficient (Wildman–Crippen LogP) is 3.05. The molecule has 34 heavy (non-hydrogen) atoms. The highest BCUT2D eigenvalue weighted by molar-refractivity contribution is 7.99. The zero-order valence-electron chi connectivity index (χ0n) is 20.2. The normalized spacial score (nSPS) is 15.4. The maximum Gasteiger partial charge on any atom is 0.253 e. The standard InChI is InChI=1S/C26H35N3O4S/c1-19(2)20-6-4-7-21(14-20)25(31)27-16-23(30)17-33-18-34-24-9-5-8-22(15-24)26(32)29-12-10-28(3)11-13-29/h4-9,14-15,19,23,30H,10-13,16-18H2,1-3H3,(H,27,31)/t23-/m1/s1. The second-order valence-corrected chi connectivity index (χ2v) is 9.90. The molecule has 1 aliphatic heterocycles. The fourth-order valence-corrected chi connectivity index (χ4v) is 4.32. The van der Waals surface area contributed by atoms with Gasteiger partial charge in [-0.25, -0.2) is 0 Å². The molecule has 2 aromatic rings. The first-order valence-corrected chi connectivity index (χ1v) is 12.7. The first-order valence-electron chi connectivity index (χ1n) is 11.7. The Labute approximate surface area is 206 Å². The molecule has 0 bridgehead atoms. The number of aliphatic hydroxyl groups excluding tert-OH is 1. The summed E-state index contributed by atoms with van der Waals surface area (Å²) in [6.45, 7) is 7.66. The lowest BCUT2D eigenvalue weighted by Crippen LogP contribution is -2.47. The lowest BCUT2D eigenvalue weighted by molar-refractivity contribution is 0.0555. The number of ether oxygens (including phenoxy) is 1. The van der Waals surface area contributed by atoms with Crippen LogP contribution in [0.2, 0.25) is 0 Å². The third kappa shape index (κ3) is 7.84. The molecule has 0 radical (unpaired) electrons. The number of benzene rings is 2. The number of aliphatic hydroxyl groups is 1. The van der Waals surface area contributed by atoms with E-state index in [1.54, 1.807) is 6.07 Å². The quantitative estimate of drug-likeness (QED) is 0.306. The molecule has 2 N–H and O–H groups in total. The van der Waals surface area contributed by atoms with Crippen molar-refractivity contribution in [3.63, 3.8) is 0 Å². The summed E-state index contributed by atoms with van der Waals surface area (Å²) in [5.74, 6) is 0.530. The Morgan fingerprint density at radius 1 is 1.06 bits per heavy atom. The van der Waals surface area contributed by atoms with Crippen molar-refractivity contribution >= 4 is 23.6 Å². The van der Waals surface area contributed by atoms with Gasteiger partial charge in [0.1, 0.15) is 0 Å². The molecule has 0 spiro atoms. The SMILES string of the molecule is CC(C)c1cccc(C(=O)NC[C@@H](O)COCSc2cccc(C(=O)N3CCN(C)CC3)c2)c1. The van der Waals surface area contributed by atoms with E-state index < -0.39 is 6.10 Å². The number of thioether (sulfide) groups is 1. The van der Waals surface area contributed by atoms with Crippen LogP contribution in [0.1, 0.15) is 46.0 Å². The summed E-state index contributed by atoms with van der Waals surface area (Å²) in [6.07, 6.45) is -0.803. The molecular formula is C26H35N3O4S. The number of amides is 2. The average molecular weight is 486 g/mol. The second-order valence-electron chi connectivity index (χ2n) is 8.90. The van der Waals surface area contributed by atoms with E-state index in [0.29, 0.717) is 23.0 Å². The van der Waals surface area contributed by atoms with Gasteiger partial charge < -0.3 is 25.0 Å². The molecule has 1 aliphatic rings. The van der Waals surface area contributed by atoms with Crippen molar-refractivity contribution in [3.05, 3.63) is 65.2 Å². The molecular weight excluding hydrogens is 450 g/mol. The van der Waals surface area contributed by atoms with Crippen LogP contribution in [0.5, 0.6) is 0 Å². The third-order valence-corrected chi connectivity index (χ3v) is 6.68. The van der Waals surface area contributed by atoms with Gasteiger partial charge in [0.25, 0.3) is 11.8 Å². The van der Waals surface area contributed by atoms with Crippen molar-refractivity contribution in [1.82, 2.24) is 15.1 Å². The van der Waals surface area contributed by atoms with E-state index in [1.165, 1.54) is 11.8 Å². The van der Waals surface area contributed by atoms with Gasteiger partial charge in [0.05, 0.1) is 18.6 Å². The van der Waals surface area contributed by atoms with Crippen LogP contribution in [0.15, 0.2) is 53.4 Å². The maximum atomic E-state index is 12.8. The van der Waals surface area contributed by atoms with Crippen LogP contribution >= 0.6 is 11.8 Å². The Morgan fingerprint density at radius 2 is 1.76 bits per heavy atom. The molecule has 1 fully saturated rings. The first kappa shape index (κ1) is 26.2. The number of hydrogen-bond acceptors (Lipinski definition) is 6. The number of carbonyl (C=O) groups excluding carboxylic acids is 2. The molecule has 2 aromatic carbocycles. The largest absolute Gasteiger partial charge is 0.389 e. The fourth-order valence-electron chi connectivity index (χ4n) is 3.62. The smallest absolute Gasteiger partial charge is 0.253 e. The summed E-state index contributed by atoms with van der Waals surface area (Å²) >= 11 is 1.47. The van der Waals surface area contributed by atoms with Gasteiger partial charge in [0, 0.05) is 48.7 Å². The zero-order chi connectivity index (χ0) is 24.5. The second kappa shape index (κ2) is 12.9. The van der Waals surface area contributed by atoms with Crippen LogP contribution in [-0.4, -0.2) is 85.1 Å². The molecule has 1 saturated heterocycles. The molecule has 184 valence electrons. The predicted molar refractivity (Wildman–Crippen MR) is 135 cm³/mol. The molecule has 8 heteroatoms. The van der Waals surface area contributed by atoms with Gasteiger partial charge in [-0.1, -0.05) is 43.8 Å². The van der Waals surface area contributed by atoms with Crippen LogP contribution in [-0.2, 0) is 4.74 Å². The minimum atomic E-state index is -0.803. The summed E-state index contributed by atoms with van der Waals surface area (Å²) in [5, 5.41) is 12.9. The van der Waals surface area contributed by atoms with Crippen molar-refractivity contribution in [2.24, 2.45) is 0 Å².